The molecule has 0 aromatic heterocycles. The number of carbonyl (C=O) groups excluding carboxylic acids is 1. The summed E-state index contributed by atoms with van der Waals surface area (Å²) in [6, 6.07) is 5.90. The molecule has 0 N–H and O–H groups in total. The summed E-state index contributed by atoms with van der Waals surface area (Å²) in [5.74, 6) is 0.832. The van der Waals surface area contributed by atoms with Gasteiger partial charge in [0.2, 0.25) is 6.08 Å². The van der Waals surface area contributed by atoms with Crippen molar-refractivity contribution in [1.29, 1.82) is 0 Å². The minimum absolute atomic E-state index is 0.299. The zero-order chi connectivity index (χ0) is 11.6. The number of rotatable bonds is 4. The van der Waals surface area contributed by atoms with E-state index in [-0.39, 0.29) is 5.54 Å². The molecule has 0 radical (unpaired) electrons. The highest BCUT2D eigenvalue weighted by atomic mass is 32.2. The molecule has 1 aromatic carbocycles. The fourth-order valence-corrected chi connectivity index (χ4v) is 2.54. The van der Waals surface area contributed by atoms with Crippen molar-refractivity contribution in [3.05, 3.63) is 23.8 Å². The molecule has 84 valence electrons. The predicted molar refractivity (Wildman–Crippen MR) is 63.8 cm³/mol. The monoisotopic (exact) mass is 235 g/mol. The van der Waals surface area contributed by atoms with Crippen LogP contribution >= 0.6 is 11.8 Å². The number of hydrogen-bond donors (Lipinski definition) is 0. The largest absolute Gasteiger partial charge is 0.497 e. The molecule has 0 bridgehead atoms. The van der Waals surface area contributed by atoms with E-state index in [1.165, 1.54) is 0 Å². The van der Waals surface area contributed by atoms with E-state index in [4.69, 9.17) is 4.74 Å². The smallest absolute Gasteiger partial charge is 0.235 e. The van der Waals surface area contributed by atoms with E-state index in [0.29, 0.717) is 0 Å². The van der Waals surface area contributed by atoms with Gasteiger partial charge in [-0.1, -0.05) is 6.07 Å². The van der Waals surface area contributed by atoms with Crippen molar-refractivity contribution in [1.82, 2.24) is 0 Å². The van der Waals surface area contributed by atoms with Crippen LogP contribution in [-0.4, -0.2) is 19.4 Å². The van der Waals surface area contributed by atoms with E-state index in [2.05, 4.69) is 4.99 Å². The molecule has 1 aromatic rings. The molecule has 2 rings (SSSR count). The first-order valence-corrected chi connectivity index (χ1v) is 6.30. The van der Waals surface area contributed by atoms with E-state index >= 15 is 0 Å². The molecule has 1 fully saturated rings. The van der Waals surface area contributed by atoms with Gasteiger partial charge in [0, 0.05) is 4.90 Å². The first-order valence-electron chi connectivity index (χ1n) is 5.07. The van der Waals surface area contributed by atoms with Crippen LogP contribution in [0.1, 0.15) is 18.4 Å². The van der Waals surface area contributed by atoms with Crippen LogP contribution in [-0.2, 0) is 10.3 Å². The van der Waals surface area contributed by atoms with Crippen molar-refractivity contribution in [3.63, 3.8) is 0 Å². The standard InChI is InChI=1S/C12H13NO2S/c1-15-9-3-4-10(11(7-9)16-2)12(5-6-12)13-8-14/h3-4,7H,5-6H2,1-2H3. The maximum atomic E-state index is 10.4. The Balaban J connectivity index is 2.45. The molecule has 0 atom stereocenters. The topological polar surface area (TPSA) is 38.7 Å². The van der Waals surface area contributed by atoms with Crippen molar-refractivity contribution in [2.24, 2.45) is 4.99 Å². The second-order valence-corrected chi connectivity index (χ2v) is 4.65. The number of methoxy groups -OCH3 is 1. The third kappa shape index (κ3) is 1.86. The number of ether oxygens (including phenoxy) is 1. The Morgan fingerprint density at radius 2 is 2.25 bits per heavy atom. The van der Waals surface area contributed by atoms with Gasteiger partial charge >= 0.3 is 0 Å². The summed E-state index contributed by atoms with van der Waals surface area (Å²) >= 11 is 1.65. The highest BCUT2D eigenvalue weighted by Crippen LogP contribution is 2.52. The molecule has 0 spiro atoms. The first-order chi connectivity index (χ1) is 7.75. The minimum atomic E-state index is -0.299. The fraction of sp³-hybridized carbons (Fsp3) is 0.417. The highest BCUT2D eigenvalue weighted by Gasteiger charge is 2.46. The molecule has 1 aliphatic carbocycles. The highest BCUT2D eigenvalue weighted by molar-refractivity contribution is 7.98. The van der Waals surface area contributed by atoms with Crippen molar-refractivity contribution >= 4 is 17.8 Å². The number of benzene rings is 1. The van der Waals surface area contributed by atoms with E-state index in [1.54, 1.807) is 25.0 Å². The van der Waals surface area contributed by atoms with Gasteiger partial charge in [0.25, 0.3) is 0 Å². The molecule has 1 saturated carbocycles. The van der Waals surface area contributed by atoms with Gasteiger partial charge in [-0.15, -0.1) is 11.8 Å². The summed E-state index contributed by atoms with van der Waals surface area (Å²) in [4.78, 5) is 15.5. The number of thioether (sulfide) groups is 1. The summed E-state index contributed by atoms with van der Waals surface area (Å²) in [5, 5.41) is 0. The first kappa shape index (κ1) is 11.2. The molecule has 1 aliphatic rings. The zero-order valence-electron chi connectivity index (χ0n) is 9.32. The van der Waals surface area contributed by atoms with Crippen LogP contribution in [0.2, 0.25) is 0 Å². The molecule has 4 heteroatoms. The van der Waals surface area contributed by atoms with E-state index in [9.17, 15) is 4.79 Å². The SMILES string of the molecule is COc1ccc(C2(N=C=O)CC2)c(SC)c1. The summed E-state index contributed by atoms with van der Waals surface area (Å²) in [6.07, 6.45) is 5.56. The summed E-state index contributed by atoms with van der Waals surface area (Å²) in [5.41, 5.74) is 0.816. The summed E-state index contributed by atoms with van der Waals surface area (Å²) in [7, 11) is 1.65. The Labute approximate surface area is 98.9 Å². The van der Waals surface area contributed by atoms with Crippen LogP contribution in [0.3, 0.4) is 0 Å². The quantitative estimate of drug-likeness (QED) is 0.457. The lowest BCUT2D eigenvalue weighted by molar-refractivity contribution is 0.413. The lowest BCUT2D eigenvalue weighted by atomic mass is 10.1. The summed E-state index contributed by atoms with van der Waals surface area (Å²) in [6.45, 7) is 0. The van der Waals surface area contributed by atoms with Crippen LogP contribution < -0.4 is 4.74 Å². The van der Waals surface area contributed by atoms with Gasteiger partial charge in [-0.25, -0.2) is 4.79 Å². The lowest BCUT2D eigenvalue weighted by Crippen LogP contribution is -2.04. The van der Waals surface area contributed by atoms with E-state index in [1.807, 2.05) is 24.5 Å². The van der Waals surface area contributed by atoms with E-state index < -0.39 is 0 Å². The second kappa shape index (κ2) is 4.32. The number of aliphatic imine (C=N–C) groups is 1. The Bertz CT molecular complexity index is 448. The Kier molecular flexibility index (Phi) is 3.03. The molecule has 3 nitrogen and oxygen atoms in total. The van der Waals surface area contributed by atoms with Gasteiger partial charge in [-0.2, -0.15) is 4.99 Å². The molecular formula is C12H13NO2S. The molecule has 0 unspecified atom stereocenters. The van der Waals surface area contributed by atoms with Crippen LogP contribution in [0, 0.1) is 0 Å². The van der Waals surface area contributed by atoms with Gasteiger partial charge in [0.15, 0.2) is 0 Å². The molecule has 0 aliphatic heterocycles. The van der Waals surface area contributed by atoms with Crippen molar-refractivity contribution in [3.8, 4) is 5.75 Å². The number of hydrogen-bond acceptors (Lipinski definition) is 4. The average molecular weight is 235 g/mol. The van der Waals surface area contributed by atoms with Gasteiger partial charge < -0.3 is 4.74 Å². The fourth-order valence-electron chi connectivity index (χ4n) is 1.83. The Morgan fingerprint density at radius 3 is 2.75 bits per heavy atom. The number of nitrogens with zero attached hydrogens (tertiary/aromatic N) is 1. The van der Waals surface area contributed by atoms with Crippen LogP contribution in [0.4, 0.5) is 0 Å². The molecule has 16 heavy (non-hydrogen) atoms. The predicted octanol–water partition coefficient (Wildman–Crippen LogP) is 2.74. The van der Waals surface area contributed by atoms with Crippen molar-refractivity contribution in [2.75, 3.05) is 13.4 Å². The second-order valence-electron chi connectivity index (χ2n) is 3.80. The minimum Gasteiger partial charge on any atom is -0.497 e. The average Bonchev–Trinajstić information content (AvgIpc) is 3.09. The number of isocyanates is 1. The van der Waals surface area contributed by atoms with Gasteiger partial charge in [0.05, 0.1) is 12.6 Å². The molecule has 0 amide bonds. The molecule has 0 heterocycles. The van der Waals surface area contributed by atoms with Crippen molar-refractivity contribution in [2.45, 2.75) is 23.3 Å². The molecule has 0 saturated heterocycles. The van der Waals surface area contributed by atoms with E-state index in [0.717, 1.165) is 29.1 Å². The zero-order valence-corrected chi connectivity index (χ0v) is 10.1. The Morgan fingerprint density at radius 1 is 1.50 bits per heavy atom. The maximum absolute atomic E-state index is 10.4. The normalized spacial score (nSPS) is 16.4. The third-order valence-corrected chi connectivity index (χ3v) is 3.67. The van der Waals surface area contributed by atoms with Crippen LogP contribution in [0.15, 0.2) is 28.1 Å². The van der Waals surface area contributed by atoms with Gasteiger partial charge in [0.1, 0.15) is 5.75 Å². The molecular weight excluding hydrogens is 222 g/mol. The van der Waals surface area contributed by atoms with Gasteiger partial charge in [-0.3, -0.25) is 0 Å². The van der Waals surface area contributed by atoms with Crippen LogP contribution in [0.5, 0.6) is 5.75 Å². The van der Waals surface area contributed by atoms with Gasteiger partial charge in [-0.05, 0) is 36.8 Å². The summed E-state index contributed by atoms with van der Waals surface area (Å²) < 4.78 is 5.18. The third-order valence-electron chi connectivity index (χ3n) is 2.89. The van der Waals surface area contributed by atoms with Crippen LogP contribution in [0.25, 0.3) is 0 Å². The Hall–Kier alpha value is -1.25. The maximum Gasteiger partial charge on any atom is 0.235 e. The van der Waals surface area contributed by atoms with Crippen molar-refractivity contribution < 1.29 is 9.53 Å². The lowest BCUT2D eigenvalue weighted by Gasteiger charge is -2.13.